The second-order valence-corrected chi connectivity index (χ2v) is 17.1. The minimum atomic E-state index is -0.678. The van der Waals surface area contributed by atoms with Crippen molar-refractivity contribution < 1.29 is 24.5 Å². The second kappa shape index (κ2) is 46.3. The molecule has 0 saturated carbocycles. The quantitative estimate of drug-likeness (QED) is 0.0324. The molecule has 0 aromatic carbocycles. The van der Waals surface area contributed by atoms with E-state index in [-0.39, 0.29) is 18.5 Å². The van der Waals surface area contributed by atoms with Gasteiger partial charge in [0, 0.05) is 12.8 Å². The highest BCUT2D eigenvalue weighted by Crippen LogP contribution is 2.16. The number of aliphatic hydroxyl groups is 2. The van der Waals surface area contributed by atoms with Crippen molar-refractivity contribution in [3.05, 3.63) is 12.2 Å². The zero-order chi connectivity index (χ0) is 40.8. The Labute approximate surface area is 349 Å². The van der Waals surface area contributed by atoms with Gasteiger partial charge in [0.2, 0.25) is 5.91 Å². The number of hydrogen-bond donors (Lipinski definition) is 3. The predicted octanol–water partition coefficient (Wildman–Crippen LogP) is 14.6. The summed E-state index contributed by atoms with van der Waals surface area (Å²) in [5.41, 5.74) is 0. The van der Waals surface area contributed by atoms with E-state index < -0.39 is 12.1 Å². The van der Waals surface area contributed by atoms with Crippen LogP contribution in [0.2, 0.25) is 0 Å². The first-order valence-electron chi connectivity index (χ1n) is 24.9. The fraction of sp³-hybridized carbons (Fsp3) is 0.920. The first-order valence-corrected chi connectivity index (χ1v) is 24.9. The van der Waals surface area contributed by atoms with E-state index in [0.717, 1.165) is 77.0 Å². The van der Waals surface area contributed by atoms with Gasteiger partial charge in [0.05, 0.1) is 25.4 Å². The van der Waals surface area contributed by atoms with Crippen LogP contribution in [0.15, 0.2) is 12.2 Å². The highest BCUT2D eigenvalue weighted by molar-refractivity contribution is 5.76. The molecular weight excluding hydrogens is 695 g/mol. The minimum Gasteiger partial charge on any atom is -0.466 e. The Morgan fingerprint density at radius 1 is 0.482 bits per heavy atom. The molecule has 332 valence electrons. The number of ether oxygens (including phenoxy) is 1. The fourth-order valence-electron chi connectivity index (χ4n) is 7.69. The summed E-state index contributed by atoms with van der Waals surface area (Å²) in [5, 5.41) is 23.1. The normalized spacial score (nSPS) is 12.7. The van der Waals surface area contributed by atoms with Gasteiger partial charge in [-0.3, -0.25) is 9.59 Å². The number of esters is 1. The molecule has 0 aliphatic carbocycles. The number of amides is 1. The third-order valence-electron chi connectivity index (χ3n) is 11.6. The smallest absolute Gasteiger partial charge is 0.305 e. The summed E-state index contributed by atoms with van der Waals surface area (Å²) in [7, 11) is 0. The van der Waals surface area contributed by atoms with Gasteiger partial charge in [0.25, 0.3) is 0 Å². The van der Waals surface area contributed by atoms with Crippen LogP contribution in [-0.4, -0.2) is 47.4 Å². The summed E-state index contributed by atoms with van der Waals surface area (Å²) in [4.78, 5) is 24.4. The number of unbranched alkanes of at least 4 members (excludes halogenated alkanes) is 33. The monoisotopic (exact) mass is 792 g/mol. The van der Waals surface area contributed by atoms with Crippen LogP contribution in [0.25, 0.3) is 0 Å². The molecule has 56 heavy (non-hydrogen) atoms. The van der Waals surface area contributed by atoms with E-state index in [0.29, 0.717) is 25.9 Å². The Hall–Kier alpha value is -1.40. The van der Waals surface area contributed by atoms with Gasteiger partial charge in [0.15, 0.2) is 0 Å². The van der Waals surface area contributed by atoms with E-state index in [9.17, 15) is 19.8 Å². The number of allylic oxidation sites excluding steroid dienone is 2. The van der Waals surface area contributed by atoms with Crippen molar-refractivity contribution in [2.24, 2.45) is 0 Å². The number of nitrogens with one attached hydrogen (secondary N) is 1. The summed E-state index contributed by atoms with van der Waals surface area (Å²) < 4.78 is 5.44. The molecule has 0 aliphatic rings. The molecule has 6 nitrogen and oxygen atoms in total. The summed E-state index contributed by atoms with van der Waals surface area (Å²) in [6.45, 7) is 4.89. The Morgan fingerprint density at radius 3 is 1.27 bits per heavy atom. The molecule has 0 saturated heterocycles. The maximum Gasteiger partial charge on any atom is 0.305 e. The first kappa shape index (κ1) is 54.6. The number of hydrogen-bond acceptors (Lipinski definition) is 5. The molecule has 0 radical (unpaired) electrons. The summed E-state index contributed by atoms with van der Waals surface area (Å²) in [6, 6.07) is -0.557. The molecule has 0 spiro atoms. The lowest BCUT2D eigenvalue weighted by Gasteiger charge is -2.22. The van der Waals surface area contributed by atoms with Crippen LogP contribution >= 0.6 is 0 Å². The largest absolute Gasteiger partial charge is 0.466 e. The summed E-state index contributed by atoms with van der Waals surface area (Å²) in [5.74, 6) is -0.0808. The molecular formula is C50H97NO5. The Kier molecular flexibility index (Phi) is 45.1. The van der Waals surface area contributed by atoms with Gasteiger partial charge < -0.3 is 20.3 Å². The average Bonchev–Trinajstić information content (AvgIpc) is 3.20. The van der Waals surface area contributed by atoms with Crippen LogP contribution in [0.5, 0.6) is 0 Å². The van der Waals surface area contributed by atoms with Gasteiger partial charge in [-0.1, -0.05) is 212 Å². The van der Waals surface area contributed by atoms with Crippen LogP contribution in [0.4, 0.5) is 0 Å². The molecule has 0 aromatic rings. The van der Waals surface area contributed by atoms with Crippen LogP contribution in [0, 0.1) is 0 Å². The summed E-state index contributed by atoms with van der Waals surface area (Å²) in [6.07, 6.45) is 51.8. The maximum absolute atomic E-state index is 12.4. The third-order valence-corrected chi connectivity index (χ3v) is 11.6. The molecule has 6 heteroatoms. The molecule has 0 aromatic heterocycles. The molecule has 0 heterocycles. The van der Waals surface area contributed by atoms with Crippen LogP contribution < -0.4 is 5.32 Å². The van der Waals surface area contributed by atoms with Crippen molar-refractivity contribution in [2.45, 2.75) is 283 Å². The first-order chi connectivity index (χ1) is 27.5. The molecule has 3 N–H and O–H groups in total. The lowest BCUT2D eigenvalue weighted by Crippen LogP contribution is -2.45. The van der Waals surface area contributed by atoms with Crippen molar-refractivity contribution in [2.75, 3.05) is 13.2 Å². The van der Waals surface area contributed by atoms with Crippen LogP contribution in [-0.2, 0) is 14.3 Å². The average molecular weight is 792 g/mol. The van der Waals surface area contributed by atoms with Crippen LogP contribution in [0.3, 0.4) is 0 Å². The van der Waals surface area contributed by atoms with Gasteiger partial charge in [-0.05, 0) is 57.8 Å². The van der Waals surface area contributed by atoms with Gasteiger partial charge in [-0.25, -0.2) is 0 Å². The number of carbonyl (C=O) groups is 2. The van der Waals surface area contributed by atoms with E-state index in [1.54, 1.807) is 0 Å². The van der Waals surface area contributed by atoms with Crippen molar-refractivity contribution in [1.82, 2.24) is 5.32 Å². The Morgan fingerprint density at radius 2 is 0.839 bits per heavy atom. The zero-order valence-corrected chi connectivity index (χ0v) is 37.6. The lowest BCUT2D eigenvalue weighted by molar-refractivity contribution is -0.143. The SMILES string of the molecule is CCCCCCCCCCCCCCCCCC(=O)OCCCCC/C=C\CCCCCCCC(=O)NC(CO)C(O)CCCCCCCCCCCCCC. The minimum absolute atomic E-state index is 0.0200. The van der Waals surface area contributed by atoms with E-state index in [1.165, 1.54) is 161 Å². The molecule has 0 bridgehead atoms. The second-order valence-electron chi connectivity index (χ2n) is 17.1. The predicted molar refractivity (Wildman–Crippen MR) is 241 cm³/mol. The van der Waals surface area contributed by atoms with Gasteiger partial charge >= 0.3 is 5.97 Å². The van der Waals surface area contributed by atoms with E-state index in [2.05, 4.69) is 31.3 Å². The van der Waals surface area contributed by atoms with Gasteiger partial charge in [-0.2, -0.15) is 0 Å². The molecule has 0 aliphatic heterocycles. The van der Waals surface area contributed by atoms with E-state index >= 15 is 0 Å². The fourth-order valence-corrected chi connectivity index (χ4v) is 7.69. The molecule has 0 fully saturated rings. The number of rotatable bonds is 46. The topological polar surface area (TPSA) is 95.9 Å². The van der Waals surface area contributed by atoms with Crippen molar-refractivity contribution in [3.63, 3.8) is 0 Å². The van der Waals surface area contributed by atoms with Gasteiger partial charge in [0.1, 0.15) is 0 Å². The van der Waals surface area contributed by atoms with E-state index in [4.69, 9.17) is 4.74 Å². The number of aliphatic hydroxyl groups excluding tert-OH is 2. The molecule has 1 amide bonds. The third kappa shape index (κ3) is 42.2. The molecule has 0 rings (SSSR count). The van der Waals surface area contributed by atoms with Crippen molar-refractivity contribution in [3.8, 4) is 0 Å². The van der Waals surface area contributed by atoms with Crippen LogP contribution in [0.1, 0.15) is 271 Å². The Balaban J connectivity index is 3.48. The van der Waals surface area contributed by atoms with Crippen molar-refractivity contribution in [1.29, 1.82) is 0 Å². The maximum atomic E-state index is 12.4. The molecule has 2 atom stereocenters. The summed E-state index contributed by atoms with van der Waals surface area (Å²) >= 11 is 0. The standard InChI is InChI=1S/C50H97NO5/c1-3-5-7-9-11-13-15-17-18-19-24-28-32-36-40-44-50(55)56-45-41-37-33-29-25-21-20-23-27-31-35-39-43-49(54)51-47(46-52)48(53)42-38-34-30-26-22-16-14-12-10-8-6-4-2/h21,25,47-48,52-53H,3-20,22-24,26-46H2,1-2H3,(H,51,54)/b25-21-. The van der Waals surface area contributed by atoms with E-state index in [1.807, 2.05) is 0 Å². The zero-order valence-electron chi connectivity index (χ0n) is 37.6. The number of carbonyl (C=O) groups excluding carboxylic acids is 2. The Bertz CT molecular complexity index is 832. The van der Waals surface area contributed by atoms with Crippen molar-refractivity contribution >= 4 is 11.9 Å². The highest BCUT2D eigenvalue weighted by Gasteiger charge is 2.20. The highest BCUT2D eigenvalue weighted by atomic mass is 16.5. The lowest BCUT2D eigenvalue weighted by atomic mass is 10.0. The molecule has 2 unspecified atom stereocenters. The van der Waals surface area contributed by atoms with Gasteiger partial charge in [-0.15, -0.1) is 0 Å².